The molecule has 0 aromatic carbocycles. The first-order chi connectivity index (χ1) is 38.0. The van der Waals surface area contributed by atoms with Crippen molar-refractivity contribution in [2.75, 3.05) is 31.8 Å². The molecular formula is C42H55BrN9NaO26P3+. The smallest absolute Gasteiger partial charge is 0.394 e. The van der Waals surface area contributed by atoms with Gasteiger partial charge in [0.2, 0.25) is 5.91 Å². The predicted octanol–water partition coefficient (Wildman–Crippen LogP) is -5.05. The summed E-state index contributed by atoms with van der Waals surface area (Å²) < 4.78 is 101. The number of aryl methyl sites for hydroxylation is 4. The van der Waals surface area contributed by atoms with E-state index in [-0.39, 0.29) is 70.0 Å². The van der Waals surface area contributed by atoms with Crippen LogP contribution in [0.3, 0.4) is 0 Å². The summed E-state index contributed by atoms with van der Waals surface area (Å²) in [7, 11) is -16.0. The first-order valence-corrected chi connectivity index (χ1v) is 30.0. The minimum atomic E-state index is -5.46. The molecule has 0 aliphatic carbocycles. The summed E-state index contributed by atoms with van der Waals surface area (Å²) in [6.45, 7) is 1.97. The monoisotopic (exact) mass is 1300 g/mol. The van der Waals surface area contributed by atoms with E-state index in [9.17, 15) is 76.6 Å². The van der Waals surface area contributed by atoms with E-state index >= 15 is 0 Å². The van der Waals surface area contributed by atoms with Crippen molar-refractivity contribution in [2.45, 2.75) is 127 Å². The Hall–Kier alpha value is -4.20. The Morgan fingerprint density at radius 2 is 0.817 bits per heavy atom. The van der Waals surface area contributed by atoms with Gasteiger partial charge < -0.3 is 44.1 Å². The quantitative estimate of drug-likeness (QED) is 0.0202. The number of aliphatic hydroxyl groups excluding tert-OH is 1. The molecule has 4 aliphatic heterocycles. The van der Waals surface area contributed by atoms with Crippen LogP contribution in [0.4, 0.5) is 0 Å². The number of aliphatic hydroxyl groups is 1. The maximum Gasteiger partial charge on any atom is 1.00 e. The van der Waals surface area contributed by atoms with Gasteiger partial charge in [-0.3, -0.25) is 89.3 Å². The second-order valence-electron chi connectivity index (χ2n) is 19.1. The number of H-pyrrole nitrogens is 4. The molecule has 4 saturated heterocycles. The van der Waals surface area contributed by atoms with E-state index in [0.717, 1.165) is 30.7 Å². The number of alkyl halides is 1. The summed E-state index contributed by atoms with van der Waals surface area (Å²) in [6.07, 6.45) is -12.5. The summed E-state index contributed by atoms with van der Waals surface area (Å²) in [5, 5.41) is 12.5. The third kappa shape index (κ3) is 15.6. The van der Waals surface area contributed by atoms with Gasteiger partial charge in [0.1, 0.15) is 67.6 Å². The van der Waals surface area contributed by atoms with Crippen LogP contribution in [0, 0.1) is 27.7 Å². The molecule has 8 rings (SSSR count). The van der Waals surface area contributed by atoms with Crippen LogP contribution in [0.1, 0.15) is 72.8 Å². The van der Waals surface area contributed by atoms with Crippen molar-refractivity contribution >= 4 is 45.3 Å². The Morgan fingerprint density at radius 1 is 0.537 bits per heavy atom. The summed E-state index contributed by atoms with van der Waals surface area (Å²) in [6, 6.07) is -0.946. The zero-order chi connectivity index (χ0) is 59.0. The number of aromatic nitrogens is 8. The van der Waals surface area contributed by atoms with Crippen molar-refractivity contribution in [2.24, 2.45) is 0 Å². The second-order valence-corrected chi connectivity index (χ2v) is 23.9. The molecule has 9 N–H and O–H groups in total. The SMILES string of the molecule is Cc1cn(C2CC(NC(=O)CBr)C(COP(=O)(O)OC3CC(n4cc(C)c(=O)[nH]c4=O)OC3COP(=O)(O)OC3CC(n4cc(C)c(=O)[nH]c4=O)OC3COP(=O)(O)OC3CC(n4cc(C)c(=O)[nH]c4=O)OC3CO)O2)c(=O)[nH]c1=O.[Na+]. The molecule has 4 aromatic rings. The maximum absolute atomic E-state index is 13.9. The average Bonchev–Trinajstić information content (AvgIpc) is 4.40. The molecule has 0 radical (unpaired) electrons. The molecule has 0 bridgehead atoms. The van der Waals surface area contributed by atoms with Crippen molar-refractivity contribution < 1.29 is 114 Å². The van der Waals surface area contributed by atoms with E-state index < -0.39 is 187 Å². The van der Waals surface area contributed by atoms with Crippen LogP contribution in [0.2, 0.25) is 0 Å². The number of hydrogen-bond acceptors (Lipinski definition) is 23. The van der Waals surface area contributed by atoms with Crippen LogP contribution in [0.5, 0.6) is 0 Å². The van der Waals surface area contributed by atoms with Crippen LogP contribution in [-0.4, -0.2) is 144 Å². The summed E-state index contributed by atoms with van der Waals surface area (Å²) >= 11 is 3.03. The number of carbonyl (C=O) groups is 1. The number of phosphoric ester groups is 3. The molecule has 4 aliphatic rings. The number of hydrogen-bond donors (Lipinski definition) is 9. The van der Waals surface area contributed by atoms with E-state index in [1.54, 1.807) is 0 Å². The van der Waals surface area contributed by atoms with Gasteiger partial charge in [0.05, 0.1) is 37.8 Å². The standard InChI is InChI=1S/C42H55BrN9O26P3.Na/c1-18-10-49(39(59)45-35(18)55)31-5-22(44-30(54)9-43)27(73-31)15-69-79(63,64)77-24-7-33(51-12-20(3)37(57)47-41(51)61)75-29(24)17-71-81(67,68)78-25-8-34(52-13-21(4)38(58)48-42(52)62)74-28(25)16-70-80(65,66)76-23-6-32(72-26(23)14-53)50-11-19(2)36(56)46-40(50)60;/h10-13,22-29,31-34,53H,5-9,14-17H2,1-4H3,(H,44,54)(H,63,64)(H,65,66)(H,67,68)(H,45,55,59)(H,46,56,60)(H,47,57,61)(H,48,58,62);/q;+1. The van der Waals surface area contributed by atoms with E-state index in [4.69, 9.17) is 46.1 Å². The molecule has 0 saturated carbocycles. The molecule has 15 unspecified atom stereocenters. The number of carbonyl (C=O) groups excluding carboxylic acids is 1. The summed E-state index contributed by atoms with van der Waals surface area (Å²) in [4.78, 5) is 154. The van der Waals surface area contributed by atoms with E-state index in [0.29, 0.717) is 0 Å². The molecule has 40 heteroatoms. The molecule has 0 spiro atoms. The average molecular weight is 1300 g/mol. The number of phosphoric acid groups is 3. The largest absolute Gasteiger partial charge is 1.00 e. The van der Waals surface area contributed by atoms with E-state index in [1.807, 2.05) is 0 Å². The van der Waals surface area contributed by atoms with Gasteiger partial charge in [-0.15, -0.1) is 0 Å². The molecule has 8 heterocycles. The number of ether oxygens (including phenoxy) is 4. The number of nitrogens with zero attached hydrogens (tertiary/aromatic N) is 4. The fourth-order valence-electron chi connectivity index (χ4n) is 9.17. The molecule has 35 nitrogen and oxygen atoms in total. The van der Waals surface area contributed by atoms with Gasteiger partial charge in [-0.25, -0.2) is 32.9 Å². The van der Waals surface area contributed by atoms with E-state index in [2.05, 4.69) is 41.2 Å². The Bertz CT molecular complexity index is 3680. The number of halogens is 1. The Labute approximate surface area is 489 Å². The van der Waals surface area contributed by atoms with Gasteiger partial charge in [0, 0.05) is 72.7 Å². The van der Waals surface area contributed by atoms with Crippen LogP contribution in [-0.2, 0) is 64.6 Å². The topological polar surface area (TPSA) is 473 Å². The van der Waals surface area contributed by atoms with Gasteiger partial charge >= 0.3 is 75.8 Å². The van der Waals surface area contributed by atoms with Crippen molar-refractivity contribution in [3.8, 4) is 0 Å². The van der Waals surface area contributed by atoms with E-state index in [1.165, 1.54) is 40.1 Å². The van der Waals surface area contributed by atoms with Gasteiger partial charge in [-0.2, -0.15) is 0 Å². The molecule has 82 heavy (non-hydrogen) atoms. The van der Waals surface area contributed by atoms with Crippen molar-refractivity contribution in [1.29, 1.82) is 0 Å². The van der Waals surface area contributed by atoms with Crippen LogP contribution < -0.4 is 79.9 Å². The number of amides is 1. The molecule has 15 atom stereocenters. The zero-order valence-corrected chi connectivity index (χ0v) is 50.1. The first-order valence-electron chi connectivity index (χ1n) is 24.4. The fourth-order valence-corrected chi connectivity index (χ4v) is 12.2. The normalized spacial score (nSPS) is 28.5. The second kappa shape index (κ2) is 26.6. The minimum absolute atomic E-state index is 0. The van der Waals surface area contributed by atoms with Gasteiger partial charge in [-0.1, -0.05) is 15.9 Å². The predicted molar refractivity (Wildman–Crippen MR) is 273 cm³/mol. The third-order valence-corrected chi connectivity index (χ3v) is 16.8. The van der Waals surface area contributed by atoms with Gasteiger partial charge in [-0.05, 0) is 27.7 Å². The van der Waals surface area contributed by atoms with Gasteiger partial charge in [0.15, 0.2) is 0 Å². The van der Waals surface area contributed by atoms with Gasteiger partial charge in [0.25, 0.3) is 22.2 Å². The summed E-state index contributed by atoms with van der Waals surface area (Å²) in [5.74, 6) is -0.536. The molecular weight excluding hydrogens is 1240 g/mol. The molecule has 446 valence electrons. The Kier molecular flexibility index (Phi) is 21.2. The number of aromatic amines is 4. The minimum Gasteiger partial charge on any atom is -0.394 e. The molecule has 4 aromatic heterocycles. The first kappa shape index (κ1) is 65.3. The Balaban J connectivity index is 0.00000968. The van der Waals surface area contributed by atoms with Crippen molar-refractivity contribution in [3.05, 3.63) is 130 Å². The maximum atomic E-state index is 13.9. The van der Waals surface area contributed by atoms with Crippen molar-refractivity contribution in [3.63, 3.8) is 0 Å². The Morgan fingerprint density at radius 3 is 1.13 bits per heavy atom. The summed E-state index contributed by atoms with van der Waals surface area (Å²) in [5.41, 5.74) is -6.26. The number of nitrogens with one attached hydrogen (secondary N) is 5. The zero-order valence-electron chi connectivity index (χ0n) is 43.9. The third-order valence-electron chi connectivity index (χ3n) is 13.3. The molecule has 4 fully saturated rings. The van der Waals surface area contributed by atoms with Crippen LogP contribution in [0.25, 0.3) is 0 Å². The van der Waals surface area contributed by atoms with Crippen molar-refractivity contribution in [1.82, 2.24) is 43.5 Å². The fraction of sp³-hybridized carbons (Fsp3) is 0.595. The van der Waals surface area contributed by atoms with Crippen LogP contribution in [0.15, 0.2) is 63.1 Å². The molecule has 1 amide bonds. The number of rotatable bonds is 22. The van der Waals surface area contributed by atoms with Crippen LogP contribution >= 0.6 is 39.4 Å².